The molecule has 0 aromatic heterocycles. The molecule has 0 saturated carbocycles. The van der Waals surface area contributed by atoms with Gasteiger partial charge in [0.1, 0.15) is 19.3 Å². The van der Waals surface area contributed by atoms with Gasteiger partial charge >= 0.3 is 39.5 Å². The third kappa shape index (κ3) is 86.3. The summed E-state index contributed by atoms with van der Waals surface area (Å²) >= 11 is 0. The molecule has 17 nitrogen and oxygen atoms in total. The summed E-state index contributed by atoms with van der Waals surface area (Å²) in [5.41, 5.74) is 0. The molecule has 0 spiro atoms. The van der Waals surface area contributed by atoms with E-state index in [0.29, 0.717) is 25.7 Å². The van der Waals surface area contributed by atoms with E-state index in [0.717, 1.165) is 108 Å². The Morgan fingerprint density at radius 2 is 0.451 bits per heavy atom. The fraction of sp³-hybridized carbons (Fsp3) is 0.957. The third-order valence-corrected chi connectivity index (χ3v) is 24.4. The maximum Gasteiger partial charge on any atom is 0.472 e. The van der Waals surface area contributed by atoms with Crippen molar-refractivity contribution in [3.8, 4) is 0 Å². The van der Waals surface area contributed by atoms with Gasteiger partial charge in [0, 0.05) is 25.7 Å². The maximum absolute atomic E-state index is 13.2. The van der Waals surface area contributed by atoms with Crippen LogP contribution in [0.3, 0.4) is 0 Å². The van der Waals surface area contributed by atoms with Gasteiger partial charge in [-0.2, -0.15) is 0 Å². The molecule has 0 aliphatic carbocycles. The lowest BCUT2D eigenvalue weighted by atomic mass is 9.99. The normalized spacial score (nSPS) is 14.0. The van der Waals surface area contributed by atoms with Crippen molar-refractivity contribution in [3.05, 3.63) is 0 Å². The zero-order valence-corrected chi connectivity index (χ0v) is 76.7. The van der Waals surface area contributed by atoms with E-state index < -0.39 is 97.5 Å². The van der Waals surface area contributed by atoms with Crippen molar-refractivity contribution >= 4 is 39.5 Å². The minimum Gasteiger partial charge on any atom is -0.462 e. The van der Waals surface area contributed by atoms with Crippen LogP contribution in [-0.4, -0.2) is 96.7 Å². The number of rotatable bonds is 92. The summed E-state index contributed by atoms with van der Waals surface area (Å²) in [5.74, 6) is 0.317. The van der Waals surface area contributed by atoms with Gasteiger partial charge in [-0.25, -0.2) is 9.13 Å². The molecule has 3 N–H and O–H groups in total. The Balaban J connectivity index is 5.24. The van der Waals surface area contributed by atoms with E-state index >= 15 is 0 Å². The lowest BCUT2D eigenvalue weighted by Crippen LogP contribution is -2.30. The van der Waals surface area contributed by atoms with Gasteiger partial charge in [-0.1, -0.05) is 453 Å². The van der Waals surface area contributed by atoms with Crippen molar-refractivity contribution < 1.29 is 80.2 Å². The fourth-order valence-corrected chi connectivity index (χ4v) is 16.3. The van der Waals surface area contributed by atoms with Crippen molar-refractivity contribution in [1.29, 1.82) is 0 Å². The minimum absolute atomic E-state index is 0.108. The monoisotopic (exact) mass is 1650 g/mol. The number of esters is 4. The average Bonchev–Trinajstić information content (AvgIpc) is 0.896. The largest absolute Gasteiger partial charge is 0.472 e. The van der Waals surface area contributed by atoms with E-state index in [4.69, 9.17) is 37.0 Å². The Bertz CT molecular complexity index is 2170. The van der Waals surface area contributed by atoms with E-state index in [9.17, 15) is 43.2 Å². The van der Waals surface area contributed by atoms with E-state index in [2.05, 4.69) is 48.5 Å². The molecule has 113 heavy (non-hydrogen) atoms. The zero-order chi connectivity index (χ0) is 82.9. The van der Waals surface area contributed by atoms with Crippen LogP contribution in [0.5, 0.6) is 0 Å². The first kappa shape index (κ1) is 111. The van der Waals surface area contributed by atoms with E-state index in [1.54, 1.807) is 0 Å². The molecule has 0 rings (SSSR count). The SMILES string of the molecule is CCCCCCCCCCCCCCCCCCCCCCCCC(=O)O[C@H](COC(=O)CCCCCCCCCCCCCCCCCCCCC(C)C)COP(=O)(O)OC[C@@H](O)COP(=O)(O)OC[C@@H](COC(=O)CCCCCCCCCCCC(C)C)OC(=O)CCCCCCCCCCCCCCCCC(C)CC. The first-order valence-corrected chi connectivity index (χ1v) is 51.4. The molecular weight excluding hydrogens is 1460 g/mol. The molecule has 0 radical (unpaired) electrons. The molecule has 0 amide bonds. The number of aliphatic hydroxyl groups is 1. The van der Waals surface area contributed by atoms with Crippen molar-refractivity contribution in [2.45, 2.75) is 523 Å². The van der Waals surface area contributed by atoms with Crippen molar-refractivity contribution in [1.82, 2.24) is 0 Å². The van der Waals surface area contributed by atoms with Gasteiger partial charge in [-0.3, -0.25) is 37.3 Å². The van der Waals surface area contributed by atoms with Crippen molar-refractivity contribution in [2.24, 2.45) is 17.8 Å². The quantitative estimate of drug-likeness (QED) is 0.0222. The van der Waals surface area contributed by atoms with Crippen LogP contribution in [0.2, 0.25) is 0 Å². The summed E-state index contributed by atoms with van der Waals surface area (Å²) in [4.78, 5) is 73.5. The van der Waals surface area contributed by atoms with Crippen LogP contribution in [0, 0.1) is 17.8 Å². The van der Waals surface area contributed by atoms with Crippen molar-refractivity contribution in [3.63, 3.8) is 0 Å². The van der Waals surface area contributed by atoms with Crippen LogP contribution in [-0.2, 0) is 65.4 Å². The smallest absolute Gasteiger partial charge is 0.462 e. The molecule has 6 atom stereocenters. The zero-order valence-electron chi connectivity index (χ0n) is 74.9. The van der Waals surface area contributed by atoms with Gasteiger partial charge in [0.25, 0.3) is 0 Å². The standard InChI is InChI=1S/C94H184O17P2/c1-8-10-11-12-13-14-15-16-17-18-19-20-21-22-27-30-36-41-48-56-63-70-77-93(98)110-89(81-104-91(96)75-68-61-54-47-40-35-29-26-24-23-25-28-33-38-44-51-58-65-72-85(3)4)83-108-112(100,101)106-79-88(95)80-107-113(102,103)109-84-90(82-105-92(97)76-69-62-55-50-43-45-52-59-66-73-86(5)6)111-94(99)78-71-64-57-49-42-37-32-31-34-39-46-53-60-67-74-87(7)9-2/h85-90,95H,8-84H2,1-7H3,(H,100,101)(H,102,103)/t87?,88-,89-,90-/m1/s1. The van der Waals surface area contributed by atoms with E-state index in [-0.39, 0.29) is 25.7 Å². The molecule has 0 saturated heterocycles. The Morgan fingerprint density at radius 3 is 0.673 bits per heavy atom. The van der Waals surface area contributed by atoms with Gasteiger partial charge in [0.15, 0.2) is 12.2 Å². The topological polar surface area (TPSA) is 237 Å². The van der Waals surface area contributed by atoms with Crippen LogP contribution >= 0.6 is 15.6 Å². The Morgan fingerprint density at radius 1 is 0.257 bits per heavy atom. The Labute approximate surface area is 696 Å². The number of ether oxygens (including phenoxy) is 4. The highest BCUT2D eigenvalue weighted by molar-refractivity contribution is 7.47. The third-order valence-electron chi connectivity index (χ3n) is 22.5. The molecule has 0 aliphatic rings. The molecule has 0 bridgehead atoms. The number of carbonyl (C=O) groups excluding carboxylic acids is 4. The molecule has 0 aromatic carbocycles. The van der Waals surface area contributed by atoms with Crippen LogP contribution in [0.1, 0.15) is 504 Å². The molecule has 3 unspecified atom stereocenters. The van der Waals surface area contributed by atoms with E-state index in [1.165, 1.54) is 315 Å². The first-order chi connectivity index (χ1) is 54.8. The van der Waals surface area contributed by atoms with Crippen LogP contribution in [0.15, 0.2) is 0 Å². The maximum atomic E-state index is 13.2. The van der Waals surface area contributed by atoms with Crippen LogP contribution in [0.25, 0.3) is 0 Å². The molecule has 0 aliphatic heterocycles. The van der Waals surface area contributed by atoms with Gasteiger partial charge in [-0.15, -0.1) is 0 Å². The second kappa shape index (κ2) is 83.7. The molecule has 0 aromatic rings. The number of unbranched alkanes of at least 4 members (excludes halogenated alkanes) is 59. The fourth-order valence-electron chi connectivity index (χ4n) is 14.8. The summed E-state index contributed by atoms with van der Waals surface area (Å²) in [7, 11) is -9.94. The summed E-state index contributed by atoms with van der Waals surface area (Å²) in [6, 6.07) is 0. The number of aliphatic hydroxyl groups excluding tert-OH is 1. The number of hydrogen-bond acceptors (Lipinski definition) is 15. The summed E-state index contributed by atoms with van der Waals surface area (Å²) in [6.45, 7) is 12.1. The second-order valence-corrected chi connectivity index (χ2v) is 37.9. The van der Waals surface area contributed by atoms with Crippen molar-refractivity contribution in [2.75, 3.05) is 39.6 Å². The summed E-state index contributed by atoms with van der Waals surface area (Å²) in [5, 5.41) is 10.7. The van der Waals surface area contributed by atoms with Gasteiger partial charge < -0.3 is 33.8 Å². The predicted octanol–water partition coefficient (Wildman–Crippen LogP) is 29.2. The van der Waals surface area contributed by atoms with Crippen LogP contribution < -0.4 is 0 Å². The number of carbonyl (C=O) groups is 4. The Hall–Kier alpha value is -1.94. The summed E-state index contributed by atoms with van der Waals surface area (Å²) < 4.78 is 69.2. The van der Waals surface area contributed by atoms with E-state index in [1.807, 2.05) is 0 Å². The number of phosphoric acid groups is 2. The lowest BCUT2D eigenvalue weighted by molar-refractivity contribution is -0.161. The summed E-state index contributed by atoms with van der Waals surface area (Å²) in [6.07, 6.45) is 77.9. The molecule has 672 valence electrons. The Kier molecular flexibility index (Phi) is 82.3. The average molecular weight is 1650 g/mol. The lowest BCUT2D eigenvalue weighted by Gasteiger charge is -2.21. The first-order valence-electron chi connectivity index (χ1n) is 48.4. The predicted molar refractivity (Wildman–Crippen MR) is 469 cm³/mol. The molecule has 19 heteroatoms. The second-order valence-electron chi connectivity index (χ2n) is 35.0. The molecular formula is C94H184O17P2. The highest BCUT2D eigenvalue weighted by Crippen LogP contribution is 2.45. The minimum atomic E-state index is -4.97. The van der Waals surface area contributed by atoms with Gasteiger partial charge in [0.05, 0.1) is 26.4 Å². The van der Waals surface area contributed by atoms with Gasteiger partial charge in [-0.05, 0) is 43.4 Å². The molecule has 0 fully saturated rings. The van der Waals surface area contributed by atoms with Gasteiger partial charge in [0.2, 0.25) is 0 Å². The van der Waals surface area contributed by atoms with Crippen LogP contribution in [0.4, 0.5) is 0 Å². The highest BCUT2D eigenvalue weighted by Gasteiger charge is 2.31. The highest BCUT2D eigenvalue weighted by atomic mass is 31.2. The number of phosphoric ester groups is 2. The number of hydrogen-bond donors (Lipinski definition) is 3. The molecule has 0 heterocycles.